The summed E-state index contributed by atoms with van der Waals surface area (Å²) in [5.41, 5.74) is -0.0461. The molecule has 0 radical (unpaired) electrons. The molecule has 1 amide bonds. The van der Waals surface area contributed by atoms with Crippen molar-refractivity contribution in [1.82, 2.24) is 5.32 Å². The average Bonchev–Trinajstić information content (AvgIpc) is 2.49. The summed E-state index contributed by atoms with van der Waals surface area (Å²) >= 11 is 0. The van der Waals surface area contributed by atoms with Gasteiger partial charge in [-0.25, -0.2) is 0 Å². The third kappa shape index (κ3) is 6.50. The molecule has 0 aromatic heterocycles. The number of unbranched alkanes of at least 4 members (excludes halogenated alkanes) is 2. The van der Waals surface area contributed by atoms with Gasteiger partial charge in [-0.3, -0.25) is 9.59 Å². The first-order chi connectivity index (χ1) is 11.0. The van der Waals surface area contributed by atoms with Crippen LogP contribution in [0.3, 0.4) is 0 Å². The summed E-state index contributed by atoms with van der Waals surface area (Å²) in [5.74, 6) is -1.69. The number of carboxylic acids is 1. The highest BCUT2D eigenvalue weighted by Gasteiger charge is 2.19. The number of methoxy groups -OCH3 is 1. The number of aliphatic carboxylic acids is 1. The molecule has 8 heteroatoms. The molecule has 0 fully saturated rings. The van der Waals surface area contributed by atoms with Gasteiger partial charge in [0.1, 0.15) is 0 Å². The predicted molar refractivity (Wildman–Crippen MR) is 78.1 cm³/mol. The second kappa shape index (κ2) is 9.60. The first kappa shape index (κ1) is 18.7. The minimum Gasteiger partial charge on any atom is -0.493 e. The number of halogens is 2. The smallest absolute Gasteiger partial charge is 0.387 e. The van der Waals surface area contributed by atoms with Gasteiger partial charge in [0.05, 0.1) is 12.7 Å². The molecule has 128 valence electrons. The Kier molecular flexibility index (Phi) is 7.79. The number of rotatable bonds is 10. The number of ether oxygens (including phenoxy) is 2. The van der Waals surface area contributed by atoms with Gasteiger partial charge in [-0.1, -0.05) is 12.5 Å². The first-order valence-electron chi connectivity index (χ1n) is 7.07. The molecule has 0 saturated heterocycles. The van der Waals surface area contributed by atoms with E-state index in [2.05, 4.69) is 10.1 Å². The topological polar surface area (TPSA) is 84.9 Å². The zero-order valence-corrected chi connectivity index (χ0v) is 12.7. The van der Waals surface area contributed by atoms with Crippen molar-refractivity contribution in [2.45, 2.75) is 32.3 Å². The van der Waals surface area contributed by atoms with E-state index in [-0.39, 0.29) is 23.5 Å². The van der Waals surface area contributed by atoms with Crippen LogP contribution >= 0.6 is 0 Å². The number of nitrogens with one attached hydrogen (secondary N) is 1. The van der Waals surface area contributed by atoms with E-state index in [4.69, 9.17) is 9.84 Å². The summed E-state index contributed by atoms with van der Waals surface area (Å²) in [6, 6.07) is 4.28. The summed E-state index contributed by atoms with van der Waals surface area (Å²) in [5, 5.41) is 11.1. The Balaban J connectivity index is 2.60. The van der Waals surface area contributed by atoms with Crippen LogP contribution < -0.4 is 14.8 Å². The molecule has 23 heavy (non-hydrogen) atoms. The maximum Gasteiger partial charge on any atom is 0.387 e. The zero-order chi connectivity index (χ0) is 17.2. The highest BCUT2D eigenvalue weighted by Crippen LogP contribution is 2.32. The van der Waals surface area contributed by atoms with Crippen LogP contribution in [0.4, 0.5) is 8.78 Å². The minimum absolute atomic E-state index is 0.0411. The van der Waals surface area contributed by atoms with Gasteiger partial charge in [-0.05, 0) is 25.0 Å². The Labute approximate surface area is 132 Å². The standard InChI is InChI=1S/C15H19F2NO5/c1-22-11-7-5-6-10(13(11)23-15(16)17)14(21)18-9-4-2-3-8-12(19)20/h5-7,15H,2-4,8-9H2,1H3,(H,18,21)(H,19,20). The fraction of sp³-hybridized carbons (Fsp3) is 0.467. The molecular weight excluding hydrogens is 312 g/mol. The molecule has 0 aliphatic carbocycles. The Morgan fingerprint density at radius 3 is 2.61 bits per heavy atom. The van der Waals surface area contributed by atoms with Crippen LogP contribution in [0.25, 0.3) is 0 Å². The van der Waals surface area contributed by atoms with Crippen LogP contribution in [0, 0.1) is 0 Å². The SMILES string of the molecule is COc1cccc(C(=O)NCCCCCC(=O)O)c1OC(F)F. The van der Waals surface area contributed by atoms with Gasteiger partial charge in [0, 0.05) is 13.0 Å². The number of amides is 1. The summed E-state index contributed by atoms with van der Waals surface area (Å²) in [6.45, 7) is -2.77. The lowest BCUT2D eigenvalue weighted by Crippen LogP contribution is -2.25. The van der Waals surface area contributed by atoms with Gasteiger partial charge in [0.15, 0.2) is 11.5 Å². The number of hydrogen-bond donors (Lipinski definition) is 2. The van der Waals surface area contributed by atoms with E-state index < -0.39 is 18.5 Å². The Hall–Kier alpha value is -2.38. The molecule has 0 unspecified atom stereocenters. The highest BCUT2D eigenvalue weighted by atomic mass is 19.3. The normalized spacial score (nSPS) is 10.4. The highest BCUT2D eigenvalue weighted by molar-refractivity contribution is 5.97. The second-order valence-electron chi connectivity index (χ2n) is 4.68. The second-order valence-corrected chi connectivity index (χ2v) is 4.68. The number of hydrogen-bond acceptors (Lipinski definition) is 4. The maximum absolute atomic E-state index is 12.5. The fourth-order valence-electron chi connectivity index (χ4n) is 1.94. The number of benzene rings is 1. The zero-order valence-electron chi connectivity index (χ0n) is 12.7. The molecule has 0 spiro atoms. The van der Waals surface area contributed by atoms with Crippen LogP contribution in [-0.4, -0.2) is 37.2 Å². The number of carbonyl (C=O) groups excluding carboxylic acids is 1. The molecular formula is C15H19F2NO5. The van der Waals surface area contributed by atoms with Gasteiger partial charge >= 0.3 is 12.6 Å². The summed E-state index contributed by atoms with van der Waals surface area (Å²) < 4.78 is 34.3. The molecule has 0 atom stereocenters. The lowest BCUT2D eigenvalue weighted by Gasteiger charge is -2.14. The fourth-order valence-corrected chi connectivity index (χ4v) is 1.94. The number of carboxylic acid groups (broad SMARTS) is 1. The lowest BCUT2D eigenvalue weighted by molar-refractivity contribution is -0.137. The van der Waals surface area contributed by atoms with Crippen LogP contribution in [0.15, 0.2) is 18.2 Å². The van der Waals surface area contributed by atoms with Crippen LogP contribution in [0.5, 0.6) is 11.5 Å². The van der Waals surface area contributed by atoms with E-state index in [0.29, 0.717) is 25.8 Å². The Bertz CT molecular complexity index is 537. The molecule has 1 rings (SSSR count). The molecule has 1 aromatic carbocycles. The first-order valence-corrected chi connectivity index (χ1v) is 7.07. The van der Waals surface area contributed by atoms with E-state index in [1.54, 1.807) is 0 Å². The van der Waals surface area contributed by atoms with Crippen molar-refractivity contribution in [3.05, 3.63) is 23.8 Å². The predicted octanol–water partition coefficient (Wildman–Crippen LogP) is 2.67. The third-order valence-electron chi connectivity index (χ3n) is 3.00. The number of alkyl halides is 2. The largest absolute Gasteiger partial charge is 0.493 e. The summed E-state index contributed by atoms with van der Waals surface area (Å²) in [6.07, 6.45) is 1.83. The van der Waals surface area contributed by atoms with Crippen molar-refractivity contribution in [3.8, 4) is 11.5 Å². The molecule has 1 aromatic rings. The summed E-state index contributed by atoms with van der Waals surface area (Å²) in [7, 11) is 1.29. The Morgan fingerprint density at radius 2 is 2.00 bits per heavy atom. The minimum atomic E-state index is -3.08. The van der Waals surface area contributed by atoms with Gasteiger partial charge in [0.2, 0.25) is 0 Å². The monoisotopic (exact) mass is 331 g/mol. The number of para-hydroxylation sites is 1. The molecule has 2 N–H and O–H groups in total. The molecule has 0 saturated carbocycles. The third-order valence-corrected chi connectivity index (χ3v) is 3.00. The average molecular weight is 331 g/mol. The molecule has 6 nitrogen and oxygen atoms in total. The van der Waals surface area contributed by atoms with E-state index in [1.807, 2.05) is 0 Å². The van der Waals surface area contributed by atoms with Crippen LogP contribution in [0.1, 0.15) is 36.0 Å². The van der Waals surface area contributed by atoms with E-state index in [9.17, 15) is 18.4 Å². The van der Waals surface area contributed by atoms with Crippen molar-refractivity contribution >= 4 is 11.9 Å². The van der Waals surface area contributed by atoms with Crippen molar-refractivity contribution in [2.75, 3.05) is 13.7 Å². The van der Waals surface area contributed by atoms with Gasteiger partial charge in [-0.15, -0.1) is 0 Å². The molecule has 0 aliphatic rings. The maximum atomic E-state index is 12.5. The van der Waals surface area contributed by atoms with Gasteiger partial charge in [-0.2, -0.15) is 8.78 Å². The molecule has 0 bridgehead atoms. The Morgan fingerprint density at radius 1 is 1.26 bits per heavy atom. The van der Waals surface area contributed by atoms with Crippen molar-refractivity contribution in [1.29, 1.82) is 0 Å². The molecule has 0 aliphatic heterocycles. The number of carbonyl (C=O) groups is 2. The van der Waals surface area contributed by atoms with E-state index in [0.717, 1.165) is 0 Å². The van der Waals surface area contributed by atoms with Crippen LogP contribution in [0.2, 0.25) is 0 Å². The van der Waals surface area contributed by atoms with Crippen molar-refractivity contribution < 1.29 is 33.0 Å². The molecule has 0 heterocycles. The van der Waals surface area contributed by atoms with Gasteiger partial charge in [0.25, 0.3) is 5.91 Å². The quantitative estimate of drug-likeness (QED) is 0.644. The van der Waals surface area contributed by atoms with Crippen LogP contribution in [-0.2, 0) is 4.79 Å². The van der Waals surface area contributed by atoms with Gasteiger partial charge < -0.3 is 19.9 Å². The van der Waals surface area contributed by atoms with Crippen molar-refractivity contribution in [2.24, 2.45) is 0 Å². The van der Waals surface area contributed by atoms with E-state index in [1.165, 1.54) is 25.3 Å². The van der Waals surface area contributed by atoms with E-state index >= 15 is 0 Å². The lowest BCUT2D eigenvalue weighted by atomic mass is 10.1. The van der Waals surface area contributed by atoms with Crippen molar-refractivity contribution in [3.63, 3.8) is 0 Å². The summed E-state index contributed by atoms with van der Waals surface area (Å²) in [4.78, 5) is 22.4.